The van der Waals surface area contributed by atoms with Crippen molar-refractivity contribution in [2.45, 2.75) is 23.8 Å². The van der Waals surface area contributed by atoms with E-state index < -0.39 is 10.0 Å². The summed E-state index contributed by atoms with van der Waals surface area (Å²) in [6.45, 7) is 1.96. The molecule has 2 N–H and O–H groups in total. The van der Waals surface area contributed by atoms with E-state index in [1.165, 1.54) is 4.31 Å². The van der Waals surface area contributed by atoms with Crippen LogP contribution >= 0.6 is 12.4 Å². The van der Waals surface area contributed by atoms with Crippen LogP contribution in [0.4, 0.5) is 0 Å². The average molecular weight is 335 g/mol. The zero-order valence-corrected chi connectivity index (χ0v) is 13.2. The van der Waals surface area contributed by atoms with Gasteiger partial charge in [0.05, 0.1) is 18.1 Å². The fourth-order valence-corrected chi connectivity index (χ4v) is 3.95. The molecular formula is C13H19ClN2O4S. The minimum atomic E-state index is -3.50. The smallest absolute Gasteiger partial charge is 0.243 e. The maximum atomic E-state index is 12.5. The molecule has 2 heterocycles. The zero-order valence-electron chi connectivity index (χ0n) is 11.5. The second-order valence-electron chi connectivity index (χ2n) is 5.07. The molecule has 0 aliphatic carbocycles. The molecule has 21 heavy (non-hydrogen) atoms. The summed E-state index contributed by atoms with van der Waals surface area (Å²) < 4.78 is 37.5. The highest BCUT2D eigenvalue weighted by Gasteiger charge is 2.31. The molecule has 0 radical (unpaired) electrons. The molecule has 0 aromatic heterocycles. The average Bonchev–Trinajstić information content (AvgIpc) is 2.74. The molecule has 1 unspecified atom stereocenters. The molecular weight excluding hydrogens is 316 g/mol. The van der Waals surface area contributed by atoms with Crippen LogP contribution in [0.15, 0.2) is 23.1 Å². The summed E-state index contributed by atoms with van der Waals surface area (Å²) >= 11 is 0. The summed E-state index contributed by atoms with van der Waals surface area (Å²) in [6.07, 6.45) is 1.49. The minimum absolute atomic E-state index is 0. The predicted octanol–water partition coefficient (Wildman–Crippen LogP) is 0.991. The summed E-state index contributed by atoms with van der Waals surface area (Å²) in [5.41, 5.74) is 5.78. The standard InChI is InChI=1S/C13H18N2O4S.ClH/c14-10-4-5-15(9-10)20(16,17)11-2-3-12-13(8-11)19-7-1-6-18-12;/h2-3,8,10H,1,4-7,9,14H2;1H. The molecule has 1 aromatic carbocycles. The SMILES string of the molecule is Cl.NC1CCN(S(=O)(=O)c2ccc3c(c2)OCCCO3)C1. The number of nitrogens with zero attached hydrogens (tertiary/aromatic N) is 1. The van der Waals surface area contributed by atoms with Gasteiger partial charge in [0.25, 0.3) is 0 Å². The number of ether oxygens (including phenoxy) is 2. The molecule has 8 heteroatoms. The number of benzene rings is 1. The van der Waals surface area contributed by atoms with E-state index in [1.54, 1.807) is 18.2 Å². The Morgan fingerprint density at radius 1 is 1.19 bits per heavy atom. The maximum Gasteiger partial charge on any atom is 0.243 e. The van der Waals surface area contributed by atoms with Gasteiger partial charge < -0.3 is 15.2 Å². The molecule has 0 amide bonds. The lowest BCUT2D eigenvalue weighted by Crippen LogP contribution is -2.31. The lowest BCUT2D eigenvalue weighted by molar-refractivity contribution is 0.297. The first kappa shape index (κ1) is 16.4. The van der Waals surface area contributed by atoms with Crippen molar-refractivity contribution in [1.29, 1.82) is 0 Å². The van der Waals surface area contributed by atoms with E-state index in [1.807, 2.05) is 0 Å². The summed E-state index contributed by atoms with van der Waals surface area (Å²) in [7, 11) is -3.50. The van der Waals surface area contributed by atoms with Gasteiger partial charge in [-0.3, -0.25) is 0 Å². The fraction of sp³-hybridized carbons (Fsp3) is 0.538. The van der Waals surface area contributed by atoms with E-state index in [0.29, 0.717) is 44.2 Å². The summed E-state index contributed by atoms with van der Waals surface area (Å²) in [6, 6.07) is 4.68. The highest BCUT2D eigenvalue weighted by Crippen LogP contribution is 2.33. The van der Waals surface area contributed by atoms with Gasteiger partial charge in [0, 0.05) is 31.6 Å². The van der Waals surface area contributed by atoms with Crippen LogP contribution in [0.2, 0.25) is 0 Å². The summed E-state index contributed by atoms with van der Waals surface area (Å²) in [4.78, 5) is 0.232. The summed E-state index contributed by atoms with van der Waals surface area (Å²) in [5, 5.41) is 0. The number of nitrogens with two attached hydrogens (primary N) is 1. The minimum Gasteiger partial charge on any atom is -0.490 e. The zero-order chi connectivity index (χ0) is 14.2. The second-order valence-corrected chi connectivity index (χ2v) is 7.01. The van der Waals surface area contributed by atoms with Crippen LogP contribution in [-0.2, 0) is 10.0 Å². The number of rotatable bonds is 2. The van der Waals surface area contributed by atoms with Crippen LogP contribution in [0.25, 0.3) is 0 Å². The van der Waals surface area contributed by atoms with Crippen LogP contribution in [-0.4, -0.2) is 45.1 Å². The first-order chi connectivity index (χ1) is 9.57. The van der Waals surface area contributed by atoms with Crippen LogP contribution in [0.1, 0.15) is 12.8 Å². The van der Waals surface area contributed by atoms with E-state index in [-0.39, 0.29) is 23.3 Å². The van der Waals surface area contributed by atoms with Crippen molar-refractivity contribution in [1.82, 2.24) is 4.31 Å². The molecule has 1 atom stereocenters. The van der Waals surface area contributed by atoms with E-state index in [2.05, 4.69) is 0 Å². The molecule has 2 aliphatic rings. The molecule has 118 valence electrons. The van der Waals surface area contributed by atoms with Gasteiger partial charge >= 0.3 is 0 Å². The van der Waals surface area contributed by atoms with Gasteiger partial charge in [0.1, 0.15) is 0 Å². The predicted molar refractivity (Wildman–Crippen MR) is 80.6 cm³/mol. The number of hydrogen-bond donors (Lipinski definition) is 1. The van der Waals surface area contributed by atoms with Gasteiger partial charge in [-0.1, -0.05) is 0 Å². The van der Waals surface area contributed by atoms with Crippen LogP contribution in [0.3, 0.4) is 0 Å². The van der Waals surface area contributed by atoms with Gasteiger partial charge in [-0.15, -0.1) is 12.4 Å². The molecule has 2 aliphatic heterocycles. The summed E-state index contributed by atoms with van der Waals surface area (Å²) in [5.74, 6) is 1.09. The Labute approximate surface area is 130 Å². The number of sulfonamides is 1. The highest BCUT2D eigenvalue weighted by atomic mass is 35.5. The van der Waals surface area contributed by atoms with Gasteiger partial charge in [0.2, 0.25) is 10.0 Å². The lowest BCUT2D eigenvalue weighted by Gasteiger charge is -2.17. The first-order valence-corrected chi connectivity index (χ1v) is 8.17. The Balaban J connectivity index is 0.00000161. The molecule has 1 fully saturated rings. The van der Waals surface area contributed by atoms with Crippen LogP contribution < -0.4 is 15.2 Å². The normalized spacial score (nSPS) is 22.4. The molecule has 0 spiro atoms. The van der Waals surface area contributed by atoms with E-state index in [9.17, 15) is 8.42 Å². The van der Waals surface area contributed by atoms with Crippen LogP contribution in [0, 0.1) is 0 Å². The Bertz CT molecular complexity index is 608. The number of halogens is 1. The Hall–Kier alpha value is -1.02. The molecule has 0 saturated carbocycles. The van der Waals surface area contributed by atoms with E-state index in [0.717, 1.165) is 6.42 Å². The lowest BCUT2D eigenvalue weighted by atomic mass is 10.3. The van der Waals surface area contributed by atoms with E-state index >= 15 is 0 Å². The van der Waals surface area contributed by atoms with Crippen LogP contribution in [0.5, 0.6) is 11.5 Å². The van der Waals surface area contributed by atoms with Crippen molar-refractivity contribution in [2.24, 2.45) is 5.73 Å². The first-order valence-electron chi connectivity index (χ1n) is 6.73. The number of hydrogen-bond acceptors (Lipinski definition) is 5. The quantitative estimate of drug-likeness (QED) is 0.872. The molecule has 1 aromatic rings. The van der Waals surface area contributed by atoms with E-state index in [4.69, 9.17) is 15.2 Å². The maximum absolute atomic E-state index is 12.5. The molecule has 3 rings (SSSR count). The van der Waals surface area contributed by atoms with Gasteiger partial charge in [-0.25, -0.2) is 8.42 Å². The molecule has 6 nitrogen and oxygen atoms in total. The van der Waals surface area contributed by atoms with Crippen molar-refractivity contribution in [3.8, 4) is 11.5 Å². The topological polar surface area (TPSA) is 81.9 Å². The second kappa shape index (κ2) is 6.39. The monoisotopic (exact) mass is 334 g/mol. The van der Waals surface area contributed by atoms with Crippen molar-refractivity contribution < 1.29 is 17.9 Å². The third-order valence-electron chi connectivity index (χ3n) is 3.54. The fourth-order valence-electron chi connectivity index (χ4n) is 2.43. The van der Waals surface area contributed by atoms with Crippen molar-refractivity contribution >= 4 is 22.4 Å². The number of fused-ring (bicyclic) bond motifs is 1. The Kier molecular flexibility index (Phi) is 4.98. The van der Waals surface area contributed by atoms with Crippen molar-refractivity contribution in [3.05, 3.63) is 18.2 Å². The molecule has 1 saturated heterocycles. The third-order valence-corrected chi connectivity index (χ3v) is 5.41. The highest BCUT2D eigenvalue weighted by molar-refractivity contribution is 7.89. The third kappa shape index (κ3) is 3.26. The van der Waals surface area contributed by atoms with Gasteiger partial charge in [0.15, 0.2) is 11.5 Å². The van der Waals surface area contributed by atoms with Crippen molar-refractivity contribution in [2.75, 3.05) is 26.3 Å². The Morgan fingerprint density at radius 3 is 2.57 bits per heavy atom. The Morgan fingerprint density at radius 2 is 1.90 bits per heavy atom. The van der Waals surface area contributed by atoms with Gasteiger partial charge in [-0.2, -0.15) is 4.31 Å². The van der Waals surface area contributed by atoms with Crippen molar-refractivity contribution in [3.63, 3.8) is 0 Å². The largest absolute Gasteiger partial charge is 0.490 e. The molecule has 0 bridgehead atoms. The van der Waals surface area contributed by atoms with Gasteiger partial charge in [-0.05, 0) is 18.6 Å².